The van der Waals surface area contributed by atoms with Crippen molar-refractivity contribution in [2.24, 2.45) is 0 Å². The van der Waals surface area contributed by atoms with Crippen LogP contribution < -0.4 is 10.6 Å². The molecule has 0 aliphatic rings. The number of urea groups is 1. The average Bonchev–Trinajstić information content (AvgIpc) is 3.41. The van der Waals surface area contributed by atoms with Crippen LogP contribution >= 0.6 is 0 Å². The zero-order valence-electron chi connectivity index (χ0n) is 16.7. The molecule has 0 aliphatic heterocycles. The second kappa shape index (κ2) is 7.79. The molecule has 31 heavy (non-hydrogen) atoms. The highest BCUT2D eigenvalue weighted by Gasteiger charge is 2.16. The predicted molar refractivity (Wildman–Crippen MR) is 121 cm³/mol. The standard InChI is InChI=1S/C24H19N5O2/c1-15-7-12-21-20(13-15)28-23(31-21)19-14-25-29-22(19)16-8-10-18(11-9-16)27-24(30)26-17-5-3-2-4-6-17/h2-14H,1H3,(H,25,29)(H2,26,27,30). The van der Waals surface area contributed by atoms with E-state index in [1.54, 1.807) is 6.20 Å². The number of carbonyl (C=O) groups excluding carboxylic acids is 1. The Kier molecular flexibility index (Phi) is 4.68. The molecule has 2 heterocycles. The van der Waals surface area contributed by atoms with Crippen molar-refractivity contribution in [1.82, 2.24) is 15.2 Å². The minimum atomic E-state index is -0.304. The molecular weight excluding hydrogens is 390 g/mol. The minimum absolute atomic E-state index is 0.304. The monoisotopic (exact) mass is 409 g/mol. The third-order valence-corrected chi connectivity index (χ3v) is 4.86. The van der Waals surface area contributed by atoms with E-state index >= 15 is 0 Å². The number of anilines is 2. The van der Waals surface area contributed by atoms with Gasteiger partial charge in [0.05, 0.1) is 5.56 Å². The molecule has 7 nitrogen and oxygen atoms in total. The summed E-state index contributed by atoms with van der Waals surface area (Å²) in [5.74, 6) is 0.508. The van der Waals surface area contributed by atoms with Gasteiger partial charge in [-0.15, -0.1) is 0 Å². The van der Waals surface area contributed by atoms with Crippen LogP contribution in [0.3, 0.4) is 0 Å². The van der Waals surface area contributed by atoms with Gasteiger partial charge >= 0.3 is 6.03 Å². The number of fused-ring (bicyclic) bond motifs is 1. The van der Waals surface area contributed by atoms with Crippen LogP contribution in [0.2, 0.25) is 0 Å². The van der Waals surface area contributed by atoms with E-state index < -0.39 is 0 Å². The summed E-state index contributed by atoms with van der Waals surface area (Å²) >= 11 is 0. The van der Waals surface area contributed by atoms with E-state index in [1.165, 1.54) is 0 Å². The van der Waals surface area contributed by atoms with E-state index in [0.717, 1.165) is 39.2 Å². The average molecular weight is 409 g/mol. The first-order chi connectivity index (χ1) is 15.2. The molecule has 0 saturated heterocycles. The van der Waals surface area contributed by atoms with Crippen molar-refractivity contribution < 1.29 is 9.21 Å². The van der Waals surface area contributed by atoms with E-state index in [9.17, 15) is 4.79 Å². The van der Waals surface area contributed by atoms with Gasteiger partial charge in [0.1, 0.15) is 11.2 Å². The van der Waals surface area contributed by atoms with Crippen molar-refractivity contribution in [2.75, 3.05) is 10.6 Å². The number of rotatable bonds is 4. The number of para-hydroxylation sites is 1. The molecule has 5 aromatic rings. The number of aromatic amines is 1. The van der Waals surface area contributed by atoms with Gasteiger partial charge in [0, 0.05) is 23.1 Å². The Morgan fingerprint density at radius 1 is 0.935 bits per heavy atom. The molecule has 2 amide bonds. The van der Waals surface area contributed by atoms with Crippen LogP contribution in [0.4, 0.5) is 16.2 Å². The largest absolute Gasteiger partial charge is 0.436 e. The highest BCUT2D eigenvalue weighted by atomic mass is 16.3. The maximum absolute atomic E-state index is 12.2. The number of carbonyl (C=O) groups is 1. The van der Waals surface area contributed by atoms with Gasteiger partial charge in [0.2, 0.25) is 5.89 Å². The minimum Gasteiger partial charge on any atom is -0.436 e. The summed E-state index contributed by atoms with van der Waals surface area (Å²) in [4.78, 5) is 16.8. The van der Waals surface area contributed by atoms with E-state index in [2.05, 4.69) is 25.8 Å². The van der Waals surface area contributed by atoms with Crippen LogP contribution in [0.15, 0.2) is 83.4 Å². The van der Waals surface area contributed by atoms with Gasteiger partial charge in [-0.3, -0.25) is 5.10 Å². The molecule has 0 fully saturated rings. The van der Waals surface area contributed by atoms with Crippen molar-refractivity contribution >= 4 is 28.5 Å². The SMILES string of the molecule is Cc1ccc2oc(-c3c[nH]nc3-c3ccc(NC(=O)Nc4ccccc4)cc3)nc2c1. The van der Waals surface area contributed by atoms with E-state index in [4.69, 9.17) is 4.42 Å². The second-order valence-corrected chi connectivity index (χ2v) is 7.16. The molecule has 0 saturated carbocycles. The number of H-pyrrole nitrogens is 1. The Labute approximate surface area is 178 Å². The molecule has 152 valence electrons. The van der Waals surface area contributed by atoms with Crippen LogP contribution in [-0.4, -0.2) is 21.2 Å². The molecule has 0 spiro atoms. The third-order valence-electron chi connectivity index (χ3n) is 4.86. The lowest BCUT2D eigenvalue weighted by atomic mass is 10.1. The molecular formula is C24H19N5O2. The molecule has 7 heteroatoms. The maximum atomic E-state index is 12.2. The number of benzene rings is 3. The van der Waals surface area contributed by atoms with Gasteiger partial charge in [-0.25, -0.2) is 9.78 Å². The van der Waals surface area contributed by atoms with Crippen LogP contribution in [0.1, 0.15) is 5.56 Å². The van der Waals surface area contributed by atoms with Gasteiger partial charge in [0.25, 0.3) is 0 Å². The first-order valence-electron chi connectivity index (χ1n) is 9.80. The molecule has 3 aromatic carbocycles. The second-order valence-electron chi connectivity index (χ2n) is 7.16. The number of amides is 2. The fourth-order valence-electron chi connectivity index (χ4n) is 3.35. The Morgan fingerprint density at radius 3 is 2.45 bits per heavy atom. The van der Waals surface area contributed by atoms with Gasteiger partial charge in [-0.2, -0.15) is 5.10 Å². The smallest absolute Gasteiger partial charge is 0.323 e. The maximum Gasteiger partial charge on any atom is 0.323 e. The highest BCUT2D eigenvalue weighted by molar-refractivity contribution is 5.99. The number of hydrogen-bond donors (Lipinski definition) is 3. The van der Waals surface area contributed by atoms with Gasteiger partial charge in [-0.1, -0.05) is 36.4 Å². The van der Waals surface area contributed by atoms with Crippen molar-refractivity contribution in [3.8, 4) is 22.7 Å². The van der Waals surface area contributed by atoms with E-state index in [-0.39, 0.29) is 6.03 Å². The third kappa shape index (κ3) is 3.89. The topological polar surface area (TPSA) is 95.8 Å². The highest BCUT2D eigenvalue weighted by Crippen LogP contribution is 2.32. The van der Waals surface area contributed by atoms with Crippen molar-refractivity contribution in [1.29, 1.82) is 0 Å². The summed E-state index contributed by atoms with van der Waals surface area (Å²) in [5, 5.41) is 12.9. The predicted octanol–water partition coefficient (Wildman–Crippen LogP) is 5.84. The Bertz CT molecular complexity index is 1350. The molecule has 0 bridgehead atoms. The van der Waals surface area contributed by atoms with E-state index in [0.29, 0.717) is 11.6 Å². The van der Waals surface area contributed by atoms with Crippen LogP contribution in [0.5, 0.6) is 0 Å². The molecule has 3 N–H and O–H groups in total. The number of nitrogens with zero attached hydrogens (tertiary/aromatic N) is 2. The lowest BCUT2D eigenvalue weighted by Crippen LogP contribution is -2.19. The van der Waals surface area contributed by atoms with Crippen molar-refractivity contribution in [3.63, 3.8) is 0 Å². The first kappa shape index (κ1) is 18.6. The summed E-state index contributed by atoms with van der Waals surface area (Å²) in [5.41, 5.74) is 6.45. The number of aromatic nitrogens is 3. The molecule has 0 atom stereocenters. The Balaban J connectivity index is 1.36. The zero-order valence-corrected chi connectivity index (χ0v) is 16.7. The first-order valence-corrected chi connectivity index (χ1v) is 9.80. The molecule has 0 radical (unpaired) electrons. The lowest BCUT2D eigenvalue weighted by Gasteiger charge is -2.08. The number of nitrogens with one attached hydrogen (secondary N) is 3. The Hall–Kier alpha value is -4.39. The molecule has 2 aromatic heterocycles. The molecule has 0 unspecified atom stereocenters. The summed E-state index contributed by atoms with van der Waals surface area (Å²) < 4.78 is 5.93. The summed E-state index contributed by atoms with van der Waals surface area (Å²) in [7, 11) is 0. The van der Waals surface area contributed by atoms with Crippen molar-refractivity contribution in [3.05, 3.63) is 84.6 Å². The quantitative estimate of drug-likeness (QED) is 0.348. The fraction of sp³-hybridized carbons (Fsp3) is 0.0417. The fourth-order valence-corrected chi connectivity index (χ4v) is 3.35. The van der Waals surface area contributed by atoms with Crippen LogP contribution in [-0.2, 0) is 0 Å². The molecule has 0 aliphatic carbocycles. The summed E-state index contributed by atoms with van der Waals surface area (Å²) in [6, 6.07) is 22.3. The number of oxazole rings is 1. The van der Waals surface area contributed by atoms with Gasteiger partial charge in [-0.05, 0) is 48.9 Å². The summed E-state index contributed by atoms with van der Waals surface area (Å²) in [6.07, 6.45) is 1.77. The lowest BCUT2D eigenvalue weighted by molar-refractivity contribution is 0.262. The normalized spacial score (nSPS) is 10.9. The van der Waals surface area contributed by atoms with Crippen LogP contribution in [0, 0.1) is 6.92 Å². The molecule has 5 rings (SSSR count). The Morgan fingerprint density at radius 2 is 1.68 bits per heavy atom. The number of aryl methyl sites for hydroxylation is 1. The zero-order chi connectivity index (χ0) is 21.2. The van der Waals surface area contributed by atoms with Crippen LogP contribution in [0.25, 0.3) is 33.8 Å². The summed E-state index contributed by atoms with van der Waals surface area (Å²) in [6.45, 7) is 2.02. The van der Waals surface area contributed by atoms with Crippen molar-refractivity contribution in [2.45, 2.75) is 6.92 Å². The van der Waals surface area contributed by atoms with E-state index in [1.807, 2.05) is 79.7 Å². The van der Waals surface area contributed by atoms with Gasteiger partial charge < -0.3 is 15.1 Å². The number of hydrogen-bond acceptors (Lipinski definition) is 4. The van der Waals surface area contributed by atoms with Gasteiger partial charge in [0.15, 0.2) is 5.58 Å².